The van der Waals surface area contributed by atoms with Gasteiger partial charge in [0.2, 0.25) is 5.79 Å². The number of rotatable bonds is 7. The van der Waals surface area contributed by atoms with Crippen LogP contribution in [0.4, 0.5) is 0 Å². The highest BCUT2D eigenvalue weighted by Gasteiger charge is 2.42. The van der Waals surface area contributed by atoms with Crippen LogP contribution in [0.25, 0.3) is 0 Å². The highest BCUT2D eigenvalue weighted by atomic mass is 16.7. The number of benzene rings is 1. The Kier molecular flexibility index (Phi) is 5.98. The first kappa shape index (κ1) is 19.3. The lowest BCUT2D eigenvalue weighted by Gasteiger charge is -2.46. The van der Waals surface area contributed by atoms with Crippen molar-refractivity contribution in [1.29, 1.82) is 0 Å². The van der Waals surface area contributed by atoms with Crippen LogP contribution in [0.1, 0.15) is 71.4 Å². The summed E-state index contributed by atoms with van der Waals surface area (Å²) in [7, 11) is 1.67. The van der Waals surface area contributed by atoms with Gasteiger partial charge in [-0.1, -0.05) is 46.1 Å². The number of fused-ring (bicyclic) bond motifs is 1. The minimum Gasteiger partial charge on any atom is -0.463 e. The van der Waals surface area contributed by atoms with Gasteiger partial charge in [0.05, 0.1) is 0 Å². The van der Waals surface area contributed by atoms with Crippen molar-refractivity contribution in [2.45, 2.75) is 84.0 Å². The van der Waals surface area contributed by atoms with Crippen molar-refractivity contribution in [1.82, 2.24) is 0 Å². The molecule has 0 aliphatic heterocycles. The van der Waals surface area contributed by atoms with Crippen LogP contribution in [0.3, 0.4) is 0 Å². The second-order valence-corrected chi connectivity index (χ2v) is 7.94. The van der Waals surface area contributed by atoms with Crippen LogP contribution in [-0.4, -0.2) is 18.9 Å². The van der Waals surface area contributed by atoms with E-state index in [1.54, 1.807) is 7.11 Å². The van der Waals surface area contributed by atoms with Crippen molar-refractivity contribution in [3.05, 3.63) is 29.3 Å². The molecular formula is C21H35NO2. The summed E-state index contributed by atoms with van der Waals surface area (Å²) in [5, 5.41) is 0. The largest absolute Gasteiger partial charge is 0.463 e. The first-order valence-electron chi connectivity index (χ1n) is 9.40. The Labute approximate surface area is 147 Å². The van der Waals surface area contributed by atoms with Gasteiger partial charge in [0.1, 0.15) is 5.75 Å². The van der Waals surface area contributed by atoms with Crippen LogP contribution in [0.2, 0.25) is 0 Å². The maximum Gasteiger partial charge on any atom is 0.204 e. The van der Waals surface area contributed by atoms with Crippen LogP contribution in [0, 0.1) is 5.92 Å². The van der Waals surface area contributed by atoms with Gasteiger partial charge in [-0.2, -0.15) is 0 Å². The molecule has 0 bridgehead atoms. The van der Waals surface area contributed by atoms with Gasteiger partial charge in [0.25, 0.3) is 0 Å². The summed E-state index contributed by atoms with van der Waals surface area (Å²) in [6, 6.07) is 6.71. The zero-order chi connectivity index (χ0) is 18.0. The molecule has 0 saturated carbocycles. The predicted molar refractivity (Wildman–Crippen MR) is 100 cm³/mol. The third-order valence-corrected chi connectivity index (χ3v) is 5.85. The molecule has 0 aromatic heterocycles. The molecule has 0 fully saturated rings. The molecule has 3 atom stereocenters. The number of methoxy groups -OCH3 is 1. The predicted octanol–water partition coefficient (Wildman–Crippen LogP) is 4.81. The fraction of sp³-hybridized carbons (Fsp3) is 0.714. The molecule has 0 saturated heterocycles. The molecule has 1 aliphatic carbocycles. The Morgan fingerprint density at radius 3 is 2.58 bits per heavy atom. The van der Waals surface area contributed by atoms with Crippen LogP contribution in [0.15, 0.2) is 18.2 Å². The van der Waals surface area contributed by atoms with Gasteiger partial charge in [-0.3, -0.25) is 0 Å². The quantitative estimate of drug-likeness (QED) is 0.729. The van der Waals surface area contributed by atoms with Crippen molar-refractivity contribution < 1.29 is 9.47 Å². The summed E-state index contributed by atoms with van der Waals surface area (Å²) in [6.07, 6.45) is 5.74. The van der Waals surface area contributed by atoms with Crippen molar-refractivity contribution in [2.75, 3.05) is 7.11 Å². The lowest BCUT2D eigenvalue weighted by atomic mass is 9.61. The fourth-order valence-electron chi connectivity index (χ4n) is 4.01. The molecule has 0 radical (unpaired) electrons. The molecule has 1 aliphatic rings. The molecule has 3 heteroatoms. The van der Waals surface area contributed by atoms with E-state index in [9.17, 15) is 0 Å². The van der Waals surface area contributed by atoms with Crippen LogP contribution >= 0.6 is 0 Å². The van der Waals surface area contributed by atoms with E-state index in [1.165, 1.54) is 24.0 Å². The lowest BCUT2D eigenvalue weighted by Crippen LogP contribution is -2.52. The van der Waals surface area contributed by atoms with Gasteiger partial charge in [0, 0.05) is 32.4 Å². The van der Waals surface area contributed by atoms with Gasteiger partial charge in [-0.15, -0.1) is 0 Å². The highest BCUT2D eigenvalue weighted by molar-refractivity contribution is 5.44. The van der Waals surface area contributed by atoms with Crippen LogP contribution < -0.4 is 10.5 Å². The Morgan fingerprint density at radius 1 is 1.29 bits per heavy atom. The minimum absolute atomic E-state index is 0.0147. The smallest absolute Gasteiger partial charge is 0.204 e. The fourth-order valence-corrected chi connectivity index (χ4v) is 4.01. The average Bonchev–Trinajstić information content (AvgIpc) is 2.56. The standard InChI is InChI=1S/C21H35NO2/c1-7-9-12-21(5)18-14-17(24-20(3,4)23-6)11-10-16(18)13-15(8-2)19(21)22/h10-11,14-15,19H,7-9,12-13,22H2,1-6H3/t15-,19-,21+/m0/s1. The summed E-state index contributed by atoms with van der Waals surface area (Å²) in [5.74, 6) is 0.795. The molecular weight excluding hydrogens is 298 g/mol. The van der Waals surface area contributed by atoms with Crippen molar-refractivity contribution in [3.8, 4) is 5.75 Å². The number of hydrogen-bond acceptors (Lipinski definition) is 3. The van der Waals surface area contributed by atoms with Crippen LogP contribution in [-0.2, 0) is 16.6 Å². The van der Waals surface area contributed by atoms with E-state index in [2.05, 4.69) is 39.0 Å². The van der Waals surface area contributed by atoms with E-state index in [0.29, 0.717) is 5.92 Å². The number of nitrogens with two attached hydrogens (primary N) is 1. The van der Waals surface area contributed by atoms with Crippen molar-refractivity contribution in [3.63, 3.8) is 0 Å². The van der Waals surface area contributed by atoms with Gasteiger partial charge < -0.3 is 15.2 Å². The molecule has 24 heavy (non-hydrogen) atoms. The maximum absolute atomic E-state index is 6.76. The Morgan fingerprint density at radius 2 is 2.00 bits per heavy atom. The Bertz CT molecular complexity index is 555. The lowest BCUT2D eigenvalue weighted by molar-refractivity contribution is -0.134. The molecule has 2 rings (SSSR count). The number of ether oxygens (including phenoxy) is 2. The summed E-state index contributed by atoms with van der Waals surface area (Å²) >= 11 is 0. The van der Waals surface area contributed by atoms with Crippen molar-refractivity contribution >= 4 is 0 Å². The van der Waals surface area contributed by atoms with E-state index >= 15 is 0 Å². The Hall–Kier alpha value is -1.06. The minimum atomic E-state index is -0.628. The first-order valence-corrected chi connectivity index (χ1v) is 9.40. The zero-order valence-corrected chi connectivity index (χ0v) is 16.3. The van der Waals surface area contributed by atoms with Gasteiger partial charge in [-0.05, 0) is 42.0 Å². The van der Waals surface area contributed by atoms with Gasteiger partial charge in [0.15, 0.2) is 0 Å². The zero-order valence-electron chi connectivity index (χ0n) is 16.3. The maximum atomic E-state index is 6.76. The summed E-state index contributed by atoms with van der Waals surface area (Å²) < 4.78 is 11.5. The molecule has 1 aromatic rings. The molecule has 0 spiro atoms. The average molecular weight is 334 g/mol. The SMILES string of the molecule is CCCC[C@]1(C)c2cc(OC(C)(C)OC)ccc2C[C@H](CC)[C@@H]1N. The second-order valence-electron chi connectivity index (χ2n) is 7.94. The molecule has 1 aromatic carbocycles. The van der Waals surface area contributed by atoms with Gasteiger partial charge >= 0.3 is 0 Å². The second kappa shape index (κ2) is 7.45. The Balaban J connectivity index is 2.43. The van der Waals surface area contributed by atoms with E-state index in [1.807, 2.05) is 13.8 Å². The summed E-state index contributed by atoms with van der Waals surface area (Å²) in [5.41, 5.74) is 9.58. The normalized spacial score (nSPS) is 27.0. The monoisotopic (exact) mass is 333 g/mol. The highest BCUT2D eigenvalue weighted by Crippen LogP contribution is 2.44. The van der Waals surface area contributed by atoms with E-state index in [0.717, 1.165) is 25.0 Å². The third kappa shape index (κ3) is 3.78. The van der Waals surface area contributed by atoms with E-state index < -0.39 is 5.79 Å². The molecule has 3 nitrogen and oxygen atoms in total. The van der Waals surface area contributed by atoms with Crippen molar-refractivity contribution in [2.24, 2.45) is 11.7 Å². The topological polar surface area (TPSA) is 44.5 Å². The third-order valence-electron chi connectivity index (χ3n) is 5.85. The first-order chi connectivity index (χ1) is 11.3. The van der Waals surface area contributed by atoms with E-state index in [4.69, 9.17) is 15.2 Å². The number of hydrogen-bond donors (Lipinski definition) is 1. The van der Waals surface area contributed by atoms with Gasteiger partial charge in [-0.25, -0.2) is 0 Å². The molecule has 0 amide bonds. The summed E-state index contributed by atoms with van der Waals surface area (Å²) in [6.45, 7) is 10.7. The van der Waals surface area contributed by atoms with E-state index in [-0.39, 0.29) is 11.5 Å². The molecule has 0 unspecified atom stereocenters. The molecule has 0 heterocycles. The molecule has 2 N–H and O–H groups in total. The molecule has 136 valence electrons. The number of unbranched alkanes of at least 4 members (excludes halogenated alkanes) is 1. The van der Waals surface area contributed by atoms with Crippen LogP contribution in [0.5, 0.6) is 5.75 Å². The summed E-state index contributed by atoms with van der Waals surface area (Å²) in [4.78, 5) is 0.